The van der Waals surface area contributed by atoms with Crippen LogP contribution in [0.3, 0.4) is 0 Å². The highest BCUT2D eigenvalue weighted by molar-refractivity contribution is 6.17. The average Bonchev–Trinajstić information content (AvgIpc) is 2.76. The molecule has 0 aliphatic carbocycles. The minimum atomic E-state index is 0.349. The lowest BCUT2D eigenvalue weighted by Crippen LogP contribution is -2.21. The van der Waals surface area contributed by atoms with E-state index < -0.39 is 0 Å². The number of alkyl halides is 1. The van der Waals surface area contributed by atoms with Crippen LogP contribution < -0.4 is 5.32 Å². The van der Waals surface area contributed by atoms with E-state index >= 15 is 0 Å². The van der Waals surface area contributed by atoms with E-state index in [1.54, 1.807) is 4.52 Å². The average molecular weight is 254 g/mol. The van der Waals surface area contributed by atoms with E-state index in [0.717, 1.165) is 24.4 Å². The zero-order valence-corrected chi connectivity index (χ0v) is 10.8. The second kappa shape index (κ2) is 5.31. The zero-order valence-electron chi connectivity index (χ0n) is 10.0. The molecule has 92 valence electrons. The third-order valence-electron chi connectivity index (χ3n) is 2.68. The van der Waals surface area contributed by atoms with Crippen LogP contribution in [0.4, 0.5) is 5.82 Å². The van der Waals surface area contributed by atoms with Gasteiger partial charge in [-0.05, 0) is 19.8 Å². The number of halogens is 1. The van der Waals surface area contributed by atoms with Gasteiger partial charge in [0.2, 0.25) is 0 Å². The summed E-state index contributed by atoms with van der Waals surface area (Å²) in [5.41, 5.74) is 0.925. The van der Waals surface area contributed by atoms with Crippen LogP contribution in [0.2, 0.25) is 0 Å². The second-order valence-corrected chi connectivity index (χ2v) is 4.36. The zero-order chi connectivity index (χ0) is 12.3. The molecule has 2 rings (SSSR count). The molecule has 0 aromatic carbocycles. The standard InChI is InChI=1S/C11H16ClN5/c1-3-9(4-5-12)16-10-6-8(2)15-11-13-7-14-17(10)11/h6-7,9,16H,3-5H2,1-2H3. The highest BCUT2D eigenvalue weighted by Crippen LogP contribution is 2.14. The number of fused-ring (bicyclic) bond motifs is 1. The van der Waals surface area contributed by atoms with Gasteiger partial charge in [0, 0.05) is 23.7 Å². The summed E-state index contributed by atoms with van der Waals surface area (Å²) in [5, 5.41) is 7.59. The van der Waals surface area contributed by atoms with E-state index in [-0.39, 0.29) is 0 Å². The number of rotatable bonds is 5. The topological polar surface area (TPSA) is 55.1 Å². The Balaban J connectivity index is 2.30. The Morgan fingerprint density at radius 1 is 1.53 bits per heavy atom. The maximum absolute atomic E-state index is 5.78. The first kappa shape index (κ1) is 12.1. The summed E-state index contributed by atoms with van der Waals surface area (Å²) in [4.78, 5) is 8.39. The van der Waals surface area contributed by atoms with Crippen molar-refractivity contribution in [3.05, 3.63) is 18.1 Å². The molecule has 2 aromatic heterocycles. The predicted molar refractivity (Wildman–Crippen MR) is 68.6 cm³/mol. The fraction of sp³-hybridized carbons (Fsp3) is 0.545. The lowest BCUT2D eigenvalue weighted by molar-refractivity contribution is 0.666. The van der Waals surface area contributed by atoms with Gasteiger partial charge in [-0.2, -0.15) is 14.6 Å². The summed E-state index contributed by atoms with van der Waals surface area (Å²) in [7, 11) is 0. The molecular weight excluding hydrogens is 238 g/mol. The Morgan fingerprint density at radius 3 is 3.06 bits per heavy atom. The molecule has 2 heterocycles. The van der Waals surface area contributed by atoms with Crippen molar-refractivity contribution in [2.45, 2.75) is 32.7 Å². The Hall–Kier alpha value is -1.36. The van der Waals surface area contributed by atoms with Crippen molar-refractivity contribution in [3.63, 3.8) is 0 Å². The van der Waals surface area contributed by atoms with Gasteiger partial charge in [0.1, 0.15) is 12.1 Å². The van der Waals surface area contributed by atoms with Crippen molar-refractivity contribution < 1.29 is 0 Å². The van der Waals surface area contributed by atoms with E-state index in [1.807, 2.05) is 13.0 Å². The van der Waals surface area contributed by atoms with Crippen molar-refractivity contribution in [2.75, 3.05) is 11.2 Å². The van der Waals surface area contributed by atoms with Crippen molar-refractivity contribution in [1.29, 1.82) is 0 Å². The van der Waals surface area contributed by atoms with Crippen LogP contribution in [0.5, 0.6) is 0 Å². The molecule has 6 heteroatoms. The monoisotopic (exact) mass is 253 g/mol. The summed E-state index contributed by atoms with van der Waals surface area (Å²) in [5.74, 6) is 2.19. The number of nitrogens with one attached hydrogen (secondary N) is 1. The molecule has 1 atom stereocenters. The van der Waals surface area contributed by atoms with Gasteiger partial charge in [0.15, 0.2) is 0 Å². The molecule has 0 bridgehead atoms. The van der Waals surface area contributed by atoms with Gasteiger partial charge >= 0.3 is 0 Å². The molecule has 0 aliphatic heterocycles. The van der Waals surface area contributed by atoms with Gasteiger partial charge in [-0.1, -0.05) is 6.92 Å². The first-order valence-corrected chi connectivity index (χ1v) is 6.28. The third-order valence-corrected chi connectivity index (χ3v) is 2.90. The summed E-state index contributed by atoms with van der Waals surface area (Å²) in [6, 6.07) is 2.32. The van der Waals surface area contributed by atoms with E-state index in [0.29, 0.717) is 17.7 Å². The van der Waals surface area contributed by atoms with Crippen LogP contribution in [0, 0.1) is 6.92 Å². The molecule has 0 spiro atoms. The first-order chi connectivity index (χ1) is 8.24. The van der Waals surface area contributed by atoms with Gasteiger partial charge in [0.05, 0.1) is 0 Å². The molecule has 0 amide bonds. The molecule has 1 unspecified atom stereocenters. The minimum absolute atomic E-state index is 0.349. The van der Waals surface area contributed by atoms with Crippen molar-refractivity contribution in [2.24, 2.45) is 0 Å². The Morgan fingerprint density at radius 2 is 2.35 bits per heavy atom. The Kier molecular flexibility index (Phi) is 3.78. The van der Waals surface area contributed by atoms with Crippen molar-refractivity contribution in [1.82, 2.24) is 19.6 Å². The number of aryl methyl sites for hydroxylation is 1. The molecule has 0 radical (unpaired) electrons. The largest absolute Gasteiger partial charge is 0.367 e. The molecule has 2 aromatic rings. The van der Waals surface area contributed by atoms with E-state index in [4.69, 9.17) is 11.6 Å². The molecule has 0 saturated heterocycles. The molecule has 0 aliphatic rings. The number of aromatic nitrogens is 4. The fourth-order valence-electron chi connectivity index (χ4n) is 1.75. The maximum atomic E-state index is 5.78. The van der Waals surface area contributed by atoms with Gasteiger partial charge < -0.3 is 5.32 Å². The lowest BCUT2D eigenvalue weighted by Gasteiger charge is -2.17. The molecule has 17 heavy (non-hydrogen) atoms. The number of anilines is 1. The molecule has 0 saturated carbocycles. The lowest BCUT2D eigenvalue weighted by atomic mass is 10.2. The fourth-order valence-corrected chi connectivity index (χ4v) is 2.02. The van der Waals surface area contributed by atoms with E-state index in [9.17, 15) is 0 Å². The third kappa shape index (κ3) is 2.66. The summed E-state index contributed by atoms with van der Waals surface area (Å²) in [6.07, 6.45) is 3.45. The summed E-state index contributed by atoms with van der Waals surface area (Å²) < 4.78 is 1.71. The maximum Gasteiger partial charge on any atom is 0.254 e. The Bertz CT molecular complexity index is 496. The van der Waals surface area contributed by atoms with Gasteiger partial charge in [-0.25, -0.2) is 4.98 Å². The van der Waals surface area contributed by atoms with Gasteiger partial charge in [-0.3, -0.25) is 0 Å². The summed E-state index contributed by atoms with van der Waals surface area (Å²) >= 11 is 5.78. The highest BCUT2D eigenvalue weighted by atomic mass is 35.5. The van der Waals surface area contributed by atoms with E-state index in [2.05, 4.69) is 27.3 Å². The molecule has 0 fully saturated rings. The van der Waals surface area contributed by atoms with Crippen molar-refractivity contribution >= 4 is 23.2 Å². The van der Waals surface area contributed by atoms with Crippen LogP contribution in [0.1, 0.15) is 25.5 Å². The number of hydrogen-bond donors (Lipinski definition) is 1. The van der Waals surface area contributed by atoms with Crippen LogP contribution in [0.25, 0.3) is 5.78 Å². The van der Waals surface area contributed by atoms with Crippen LogP contribution >= 0.6 is 11.6 Å². The first-order valence-electron chi connectivity index (χ1n) is 5.74. The van der Waals surface area contributed by atoms with Gasteiger partial charge in [-0.15, -0.1) is 11.6 Å². The summed E-state index contributed by atoms with van der Waals surface area (Å²) in [6.45, 7) is 4.08. The SMILES string of the molecule is CCC(CCCl)Nc1cc(C)nc2ncnn12. The van der Waals surface area contributed by atoms with Crippen LogP contribution in [0.15, 0.2) is 12.4 Å². The van der Waals surface area contributed by atoms with Crippen LogP contribution in [-0.4, -0.2) is 31.5 Å². The Labute approximate surface area is 105 Å². The second-order valence-electron chi connectivity index (χ2n) is 3.98. The normalized spacial score (nSPS) is 12.9. The highest BCUT2D eigenvalue weighted by Gasteiger charge is 2.10. The minimum Gasteiger partial charge on any atom is -0.367 e. The van der Waals surface area contributed by atoms with Crippen LogP contribution in [-0.2, 0) is 0 Å². The number of nitrogens with zero attached hydrogens (tertiary/aromatic N) is 4. The van der Waals surface area contributed by atoms with Gasteiger partial charge in [0.25, 0.3) is 5.78 Å². The molecular formula is C11H16ClN5. The molecule has 5 nitrogen and oxygen atoms in total. The van der Waals surface area contributed by atoms with E-state index in [1.165, 1.54) is 6.33 Å². The smallest absolute Gasteiger partial charge is 0.254 e. The number of hydrogen-bond acceptors (Lipinski definition) is 4. The predicted octanol–water partition coefficient (Wildman–Crippen LogP) is 2.25. The van der Waals surface area contributed by atoms with Crippen molar-refractivity contribution in [3.8, 4) is 0 Å². The molecule has 1 N–H and O–H groups in total. The quantitative estimate of drug-likeness (QED) is 0.831.